The molecule has 128 valence electrons. The Labute approximate surface area is 156 Å². The second kappa shape index (κ2) is 7.62. The van der Waals surface area contributed by atoms with E-state index in [-0.39, 0.29) is 18.2 Å². The summed E-state index contributed by atoms with van der Waals surface area (Å²) in [6.07, 6.45) is 0. The van der Waals surface area contributed by atoms with Crippen LogP contribution >= 0.6 is 27.3 Å². The van der Waals surface area contributed by atoms with Crippen molar-refractivity contribution in [3.05, 3.63) is 57.8 Å². The van der Waals surface area contributed by atoms with Crippen molar-refractivity contribution in [2.24, 2.45) is 0 Å². The largest absolute Gasteiger partial charge is 0.444 e. The highest BCUT2D eigenvalue weighted by atomic mass is 79.9. The lowest BCUT2D eigenvalue weighted by Gasteiger charge is -2.03. The molecular formula is C17H14BrN3O3S. The number of rotatable bonds is 5. The van der Waals surface area contributed by atoms with Gasteiger partial charge in [0.1, 0.15) is 0 Å². The molecule has 1 aromatic carbocycles. The quantitative estimate of drug-likeness (QED) is 0.657. The molecule has 0 bridgehead atoms. The van der Waals surface area contributed by atoms with E-state index >= 15 is 0 Å². The molecule has 2 amide bonds. The van der Waals surface area contributed by atoms with Crippen LogP contribution in [0.5, 0.6) is 0 Å². The molecular weight excluding hydrogens is 406 g/mol. The number of aromatic nitrogens is 1. The predicted molar refractivity (Wildman–Crippen MR) is 99.7 cm³/mol. The van der Waals surface area contributed by atoms with E-state index in [0.717, 1.165) is 11.3 Å². The Hall–Kier alpha value is -2.45. The molecule has 0 aliphatic rings. The van der Waals surface area contributed by atoms with E-state index in [2.05, 4.69) is 31.5 Å². The van der Waals surface area contributed by atoms with Gasteiger partial charge in [-0.3, -0.25) is 9.59 Å². The maximum absolute atomic E-state index is 11.9. The van der Waals surface area contributed by atoms with Gasteiger partial charge < -0.3 is 15.1 Å². The van der Waals surface area contributed by atoms with Gasteiger partial charge in [0, 0.05) is 10.9 Å². The summed E-state index contributed by atoms with van der Waals surface area (Å²) in [7, 11) is 0. The fourth-order valence-electron chi connectivity index (χ4n) is 2.04. The van der Waals surface area contributed by atoms with E-state index in [0.29, 0.717) is 9.80 Å². The number of carbonyl (C=O) groups is 2. The van der Waals surface area contributed by atoms with Crippen LogP contribution in [-0.4, -0.2) is 23.3 Å². The van der Waals surface area contributed by atoms with Gasteiger partial charge in [0.05, 0.1) is 12.2 Å². The number of halogens is 1. The number of hydrogen-bond donors (Lipinski definition) is 2. The third-order valence-electron chi connectivity index (χ3n) is 3.30. The average Bonchev–Trinajstić information content (AvgIpc) is 3.22. The average molecular weight is 420 g/mol. The summed E-state index contributed by atoms with van der Waals surface area (Å²) in [5.74, 6) is -0.681. The van der Waals surface area contributed by atoms with Crippen LogP contribution in [0.25, 0.3) is 11.3 Å². The maximum atomic E-state index is 11.9. The van der Waals surface area contributed by atoms with Crippen molar-refractivity contribution in [3.63, 3.8) is 0 Å². The summed E-state index contributed by atoms with van der Waals surface area (Å²) in [6, 6.07) is 11.1. The van der Waals surface area contributed by atoms with Crippen LogP contribution in [0.1, 0.15) is 16.1 Å². The molecule has 0 spiro atoms. The fraction of sp³-hybridized carbons (Fsp3) is 0.118. The molecule has 3 rings (SSSR count). The number of benzene rings is 1. The summed E-state index contributed by atoms with van der Waals surface area (Å²) in [5, 5.41) is 7.51. The summed E-state index contributed by atoms with van der Waals surface area (Å²) in [5.41, 5.74) is 2.95. The first-order chi connectivity index (χ1) is 12.0. The summed E-state index contributed by atoms with van der Waals surface area (Å²) in [4.78, 5) is 28.1. The Bertz CT molecular complexity index is 902. The van der Waals surface area contributed by atoms with Crippen LogP contribution < -0.4 is 10.6 Å². The smallest absolute Gasteiger partial charge is 0.287 e. The third-order valence-corrected chi connectivity index (χ3v) is 4.49. The highest BCUT2D eigenvalue weighted by Gasteiger charge is 2.13. The van der Waals surface area contributed by atoms with E-state index in [1.54, 1.807) is 6.07 Å². The fourth-order valence-corrected chi connectivity index (χ4v) is 3.08. The number of nitrogens with one attached hydrogen (secondary N) is 2. The molecule has 0 aliphatic heterocycles. The molecule has 0 fully saturated rings. The van der Waals surface area contributed by atoms with E-state index in [1.807, 2.05) is 36.6 Å². The molecule has 3 aromatic rings. The van der Waals surface area contributed by atoms with Crippen molar-refractivity contribution >= 4 is 44.2 Å². The van der Waals surface area contributed by atoms with E-state index in [1.165, 1.54) is 23.0 Å². The van der Waals surface area contributed by atoms with Gasteiger partial charge in [-0.2, -0.15) is 0 Å². The van der Waals surface area contributed by atoms with Crippen molar-refractivity contribution in [3.8, 4) is 11.3 Å². The van der Waals surface area contributed by atoms with Gasteiger partial charge in [-0.1, -0.05) is 29.8 Å². The van der Waals surface area contributed by atoms with Crippen LogP contribution in [0.3, 0.4) is 0 Å². The van der Waals surface area contributed by atoms with Gasteiger partial charge in [0.15, 0.2) is 15.6 Å². The molecule has 2 aromatic heterocycles. The Morgan fingerprint density at radius 1 is 1.20 bits per heavy atom. The lowest BCUT2D eigenvalue weighted by molar-refractivity contribution is -0.115. The summed E-state index contributed by atoms with van der Waals surface area (Å²) < 4.78 is 5.57. The molecule has 6 nitrogen and oxygen atoms in total. The van der Waals surface area contributed by atoms with E-state index < -0.39 is 5.91 Å². The van der Waals surface area contributed by atoms with Gasteiger partial charge in [-0.15, -0.1) is 11.3 Å². The first kappa shape index (κ1) is 17.4. The van der Waals surface area contributed by atoms with Crippen LogP contribution in [0, 0.1) is 6.92 Å². The third kappa shape index (κ3) is 4.55. The zero-order valence-electron chi connectivity index (χ0n) is 13.2. The number of amides is 2. The van der Waals surface area contributed by atoms with Gasteiger partial charge in [0.25, 0.3) is 5.91 Å². The summed E-state index contributed by atoms with van der Waals surface area (Å²) >= 11 is 4.45. The Morgan fingerprint density at radius 3 is 2.64 bits per heavy atom. The number of aryl methyl sites for hydroxylation is 1. The molecule has 0 saturated carbocycles. The zero-order valence-corrected chi connectivity index (χ0v) is 15.6. The molecule has 2 N–H and O–H groups in total. The number of furan rings is 1. The minimum Gasteiger partial charge on any atom is -0.444 e. The number of anilines is 1. The number of nitrogens with zero attached hydrogens (tertiary/aromatic N) is 1. The van der Waals surface area contributed by atoms with Crippen molar-refractivity contribution in [2.45, 2.75) is 6.92 Å². The van der Waals surface area contributed by atoms with E-state index in [4.69, 9.17) is 4.42 Å². The van der Waals surface area contributed by atoms with Gasteiger partial charge >= 0.3 is 0 Å². The van der Waals surface area contributed by atoms with Gasteiger partial charge in [0.2, 0.25) is 5.91 Å². The second-order valence-electron chi connectivity index (χ2n) is 5.24. The lowest BCUT2D eigenvalue weighted by Crippen LogP contribution is -2.32. The number of carbonyl (C=O) groups excluding carboxylic acids is 2. The van der Waals surface area contributed by atoms with Crippen LogP contribution in [0.4, 0.5) is 5.13 Å². The molecule has 0 aliphatic carbocycles. The number of thiazole rings is 1. The minimum absolute atomic E-state index is 0.135. The molecule has 25 heavy (non-hydrogen) atoms. The highest BCUT2D eigenvalue weighted by molar-refractivity contribution is 9.10. The van der Waals surface area contributed by atoms with Crippen molar-refractivity contribution in [2.75, 3.05) is 11.9 Å². The standard InChI is InChI=1S/C17H14BrN3O3S/c1-10-2-4-11(5-3-10)12-9-25-17(20-12)21-15(22)8-19-16(23)13-6-7-14(18)24-13/h2-7,9H,8H2,1H3,(H,19,23)(H,20,21,22). The molecule has 0 unspecified atom stereocenters. The maximum Gasteiger partial charge on any atom is 0.287 e. The minimum atomic E-state index is -0.458. The summed E-state index contributed by atoms with van der Waals surface area (Å²) in [6.45, 7) is 1.85. The molecule has 0 saturated heterocycles. The Morgan fingerprint density at radius 2 is 1.96 bits per heavy atom. The zero-order chi connectivity index (χ0) is 17.8. The van der Waals surface area contributed by atoms with Crippen LogP contribution in [-0.2, 0) is 4.79 Å². The van der Waals surface area contributed by atoms with Gasteiger partial charge in [-0.25, -0.2) is 4.98 Å². The van der Waals surface area contributed by atoms with Gasteiger partial charge in [-0.05, 0) is 35.0 Å². The topological polar surface area (TPSA) is 84.2 Å². The predicted octanol–water partition coefficient (Wildman–Crippen LogP) is 3.84. The van der Waals surface area contributed by atoms with E-state index in [9.17, 15) is 9.59 Å². The lowest BCUT2D eigenvalue weighted by atomic mass is 10.1. The van der Waals surface area contributed by atoms with Crippen LogP contribution in [0.15, 0.2) is 50.9 Å². The SMILES string of the molecule is Cc1ccc(-c2csc(NC(=O)CNC(=O)c3ccc(Br)o3)n2)cc1. The first-order valence-electron chi connectivity index (χ1n) is 7.37. The van der Waals surface area contributed by atoms with Crippen LogP contribution in [0.2, 0.25) is 0 Å². The van der Waals surface area contributed by atoms with Crippen molar-refractivity contribution in [1.29, 1.82) is 0 Å². The molecule has 0 radical (unpaired) electrons. The first-order valence-corrected chi connectivity index (χ1v) is 9.04. The monoisotopic (exact) mass is 419 g/mol. The normalized spacial score (nSPS) is 10.5. The molecule has 2 heterocycles. The number of hydrogen-bond acceptors (Lipinski definition) is 5. The van der Waals surface area contributed by atoms with Crippen molar-refractivity contribution < 1.29 is 14.0 Å². The molecule has 0 atom stereocenters. The Balaban J connectivity index is 1.55. The highest BCUT2D eigenvalue weighted by Crippen LogP contribution is 2.25. The second-order valence-corrected chi connectivity index (χ2v) is 6.88. The molecule has 8 heteroatoms. The van der Waals surface area contributed by atoms with Crippen molar-refractivity contribution in [1.82, 2.24) is 10.3 Å². The Kier molecular flexibility index (Phi) is 5.30.